The molecule has 40 valence electrons. The largest absolute Gasteiger partial charge is 2.00 e. The Balaban J connectivity index is -0.0000000400. The summed E-state index contributed by atoms with van der Waals surface area (Å²) in [4.78, 5) is 0. The summed E-state index contributed by atoms with van der Waals surface area (Å²) >= 11 is 0. The van der Waals surface area contributed by atoms with Gasteiger partial charge in [0.15, 0.2) is 0 Å². The first-order valence-electron chi connectivity index (χ1n) is 0.947. The number of hydrogen-bond donors (Lipinski definition) is 0. The first kappa shape index (κ1) is 16.5. The van der Waals surface area contributed by atoms with Gasteiger partial charge in [-0.05, 0) is 0 Å². The minimum Gasteiger partial charge on any atom is -0.494 e. The molecule has 0 amide bonds. The zero-order valence-electron chi connectivity index (χ0n) is 3.21. The molecule has 0 rings (SSSR count). The molecule has 5 heteroatoms. The second kappa shape index (κ2) is 73.1. The molecule has 0 aliphatic rings. The molecule has 0 bridgehead atoms. The van der Waals surface area contributed by atoms with Crippen molar-refractivity contribution in [1.82, 2.24) is 0 Å². The first-order chi connectivity index (χ1) is 2.83. The molecular formula is C2H2N4Ni. The fourth-order valence-electron chi connectivity index (χ4n) is 0. The van der Waals surface area contributed by atoms with Crippen LogP contribution in [0.5, 0.6) is 0 Å². The molecule has 0 radical (unpaired) electrons. The van der Waals surface area contributed by atoms with Crippen LogP contribution in [0.25, 0.3) is 11.5 Å². The number of hydrogen-bond acceptors (Lipinski definition) is 2. The van der Waals surface area contributed by atoms with E-state index in [0.717, 1.165) is 12.4 Å². The van der Waals surface area contributed by atoms with Gasteiger partial charge in [0.05, 0.1) is 0 Å². The first-order valence-corrected chi connectivity index (χ1v) is 0.947. The molecule has 0 aromatic heterocycles. The molecule has 0 heterocycles. The smallest absolute Gasteiger partial charge is 0.494 e. The number of nitriles is 2. The van der Waals surface area contributed by atoms with Gasteiger partial charge >= 0.3 is 16.5 Å². The Morgan fingerprint density at radius 1 is 1.00 bits per heavy atom. The summed E-state index contributed by atoms with van der Waals surface area (Å²) in [5, 5.41) is 14.0. The zero-order chi connectivity index (χ0) is 5.41. The van der Waals surface area contributed by atoms with Crippen LogP contribution in [0.1, 0.15) is 0 Å². The molecule has 0 fully saturated rings. The fourth-order valence-corrected chi connectivity index (χ4v) is 0. The van der Waals surface area contributed by atoms with Gasteiger partial charge in [0.1, 0.15) is 0 Å². The average molecular weight is 141 g/mol. The standard InChI is InChI=1S/2CHN2.Ni/c2*2-1-3;/h2*2H;/q2*-1;+2. The summed E-state index contributed by atoms with van der Waals surface area (Å²) in [6, 6.07) is 0. The third-order valence-electron chi connectivity index (χ3n) is 0. The van der Waals surface area contributed by atoms with E-state index in [-0.39, 0.29) is 16.5 Å². The molecule has 0 aliphatic carbocycles. The van der Waals surface area contributed by atoms with Crippen LogP contribution in [0.15, 0.2) is 0 Å². The van der Waals surface area contributed by atoms with E-state index in [0.29, 0.717) is 0 Å². The van der Waals surface area contributed by atoms with Gasteiger partial charge in [0.2, 0.25) is 0 Å². The minimum absolute atomic E-state index is 0. The number of rotatable bonds is 0. The third-order valence-corrected chi connectivity index (χ3v) is 0. The predicted molar refractivity (Wildman–Crippen MR) is 19.9 cm³/mol. The molecule has 7 heavy (non-hydrogen) atoms. The van der Waals surface area contributed by atoms with Gasteiger partial charge in [0, 0.05) is 0 Å². The molecular weight excluding hydrogens is 139 g/mol. The Bertz CT molecular complexity index is 64.7. The van der Waals surface area contributed by atoms with Gasteiger partial charge in [-0.15, -0.1) is 0 Å². The molecule has 0 aromatic carbocycles. The van der Waals surface area contributed by atoms with Crippen molar-refractivity contribution in [3.63, 3.8) is 0 Å². The Labute approximate surface area is 51.6 Å². The van der Waals surface area contributed by atoms with Gasteiger partial charge < -0.3 is 22.0 Å². The van der Waals surface area contributed by atoms with E-state index in [9.17, 15) is 0 Å². The molecule has 0 saturated heterocycles. The number of nitrogens with one attached hydrogen (secondary N) is 2. The van der Waals surface area contributed by atoms with Gasteiger partial charge in [0.25, 0.3) is 0 Å². The van der Waals surface area contributed by atoms with Crippen molar-refractivity contribution in [2.75, 3.05) is 0 Å². The third kappa shape index (κ3) is 55.8. The van der Waals surface area contributed by atoms with Crippen LogP contribution >= 0.6 is 0 Å². The molecule has 0 aliphatic heterocycles. The summed E-state index contributed by atoms with van der Waals surface area (Å²) in [5.74, 6) is 0. The van der Waals surface area contributed by atoms with Crippen molar-refractivity contribution >= 4 is 0 Å². The van der Waals surface area contributed by atoms with E-state index in [1.54, 1.807) is 0 Å². The van der Waals surface area contributed by atoms with Crippen LogP contribution in [-0.4, -0.2) is 0 Å². The normalized spacial score (nSPS) is 2.00. The average Bonchev–Trinajstić information content (AvgIpc) is 1.39. The molecule has 0 spiro atoms. The Hall–Kier alpha value is -0.926. The summed E-state index contributed by atoms with van der Waals surface area (Å²) < 4.78 is 0. The summed E-state index contributed by atoms with van der Waals surface area (Å²) in [7, 11) is 0. The van der Waals surface area contributed by atoms with Crippen LogP contribution in [0.2, 0.25) is 0 Å². The molecule has 0 atom stereocenters. The van der Waals surface area contributed by atoms with Crippen molar-refractivity contribution in [3.05, 3.63) is 11.5 Å². The second-order valence-corrected chi connectivity index (χ2v) is 0.224. The van der Waals surface area contributed by atoms with E-state index in [2.05, 4.69) is 0 Å². The maximum atomic E-state index is 6.99. The Kier molecular flexibility index (Phi) is 173. The Morgan fingerprint density at radius 2 is 1.00 bits per heavy atom. The fraction of sp³-hybridized carbons (Fsp3) is 0. The van der Waals surface area contributed by atoms with Crippen molar-refractivity contribution in [2.24, 2.45) is 0 Å². The van der Waals surface area contributed by atoms with Crippen molar-refractivity contribution < 1.29 is 16.5 Å². The second-order valence-electron chi connectivity index (χ2n) is 0.224. The van der Waals surface area contributed by atoms with Gasteiger partial charge in [-0.2, -0.15) is 0 Å². The van der Waals surface area contributed by atoms with Crippen LogP contribution in [0.3, 0.4) is 0 Å². The maximum absolute atomic E-state index is 6.99. The van der Waals surface area contributed by atoms with Crippen LogP contribution in [0, 0.1) is 22.9 Å². The topological polar surface area (TPSA) is 95.2 Å². The van der Waals surface area contributed by atoms with E-state index in [1.165, 1.54) is 0 Å². The predicted octanol–water partition coefficient (Wildman–Crippen LogP) is 1.04. The van der Waals surface area contributed by atoms with Crippen LogP contribution in [0.4, 0.5) is 0 Å². The van der Waals surface area contributed by atoms with Crippen molar-refractivity contribution in [2.45, 2.75) is 0 Å². The monoisotopic (exact) mass is 140 g/mol. The maximum Gasteiger partial charge on any atom is 2.00 e. The molecule has 0 unspecified atom stereocenters. The molecule has 4 nitrogen and oxygen atoms in total. The van der Waals surface area contributed by atoms with Crippen molar-refractivity contribution in [3.8, 4) is 12.4 Å². The van der Waals surface area contributed by atoms with Crippen molar-refractivity contribution in [1.29, 1.82) is 10.5 Å². The van der Waals surface area contributed by atoms with E-state index in [4.69, 9.17) is 22.0 Å². The molecule has 0 saturated carbocycles. The summed E-state index contributed by atoms with van der Waals surface area (Å²) in [6.07, 6.45) is 2.00. The Morgan fingerprint density at radius 3 is 1.00 bits per heavy atom. The van der Waals surface area contributed by atoms with E-state index < -0.39 is 0 Å². The SMILES string of the molecule is N#C[NH-].N#C[NH-].[Ni+2]. The zero-order valence-corrected chi connectivity index (χ0v) is 4.20. The van der Waals surface area contributed by atoms with Crippen LogP contribution in [-0.2, 0) is 16.5 Å². The van der Waals surface area contributed by atoms with E-state index in [1.807, 2.05) is 0 Å². The van der Waals surface area contributed by atoms with Crippen LogP contribution < -0.4 is 0 Å². The van der Waals surface area contributed by atoms with Gasteiger partial charge in [-0.25, -0.2) is 0 Å². The minimum atomic E-state index is 0. The molecule has 0 aromatic rings. The van der Waals surface area contributed by atoms with E-state index >= 15 is 0 Å². The quantitative estimate of drug-likeness (QED) is 0.371. The number of nitrogens with zero attached hydrogens (tertiary/aromatic N) is 2. The summed E-state index contributed by atoms with van der Waals surface area (Å²) in [5.41, 5.74) is 11.0. The summed E-state index contributed by atoms with van der Waals surface area (Å²) in [6.45, 7) is 0. The van der Waals surface area contributed by atoms with Gasteiger partial charge in [-0.1, -0.05) is 12.4 Å². The van der Waals surface area contributed by atoms with Gasteiger partial charge in [-0.3, -0.25) is 0 Å². The molecule has 2 N–H and O–H groups in total.